The molecule has 0 spiro atoms. The van der Waals surface area contributed by atoms with E-state index in [1.165, 1.54) is 18.0 Å². The van der Waals surface area contributed by atoms with E-state index in [9.17, 15) is 4.39 Å². The smallest absolute Gasteiger partial charge is 0.138 e. The first kappa shape index (κ1) is 9.96. The second-order valence-electron chi connectivity index (χ2n) is 3.64. The summed E-state index contributed by atoms with van der Waals surface area (Å²) in [5, 5.41) is 2.09. The summed E-state index contributed by atoms with van der Waals surface area (Å²) in [6.45, 7) is 4.98. The zero-order valence-corrected chi connectivity index (χ0v) is 9.07. The summed E-state index contributed by atoms with van der Waals surface area (Å²) < 4.78 is 13.3. The molecule has 0 fully saturated rings. The van der Waals surface area contributed by atoms with Crippen LogP contribution in [0, 0.1) is 5.82 Å². The highest BCUT2D eigenvalue weighted by Crippen LogP contribution is 2.29. The van der Waals surface area contributed by atoms with Gasteiger partial charge in [-0.3, -0.25) is 0 Å². The van der Waals surface area contributed by atoms with Crippen LogP contribution < -0.4 is 4.83 Å². The molecule has 1 aromatic rings. The first-order chi connectivity index (χ1) is 6.68. The Bertz CT molecular complexity index is 341. The Morgan fingerprint density at radius 3 is 3.00 bits per heavy atom. The summed E-state index contributed by atoms with van der Waals surface area (Å²) in [6.07, 6.45) is 0. The predicted octanol–water partition coefficient (Wildman–Crippen LogP) is 2.56. The van der Waals surface area contributed by atoms with Crippen LogP contribution in [0.2, 0.25) is 0 Å². The minimum Gasteiger partial charge on any atom is -0.227 e. The molecule has 0 aromatic heterocycles. The van der Waals surface area contributed by atoms with Gasteiger partial charge >= 0.3 is 0 Å². The third-order valence-electron chi connectivity index (χ3n) is 2.28. The van der Waals surface area contributed by atoms with Gasteiger partial charge in [-0.2, -0.15) is 4.83 Å². The van der Waals surface area contributed by atoms with Gasteiger partial charge in [0.2, 0.25) is 0 Å². The number of hydrazine groups is 1. The van der Waals surface area contributed by atoms with Crippen molar-refractivity contribution in [2.75, 3.05) is 0 Å². The summed E-state index contributed by atoms with van der Waals surface area (Å²) in [5.74, 6) is -0.136. The second kappa shape index (κ2) is 3.88. The largest absolute Gasteiger partial charge is 0.227 e. The van der Waals surface area contributed by atoms with Crippen LogP contribution in [-0.4, -0.2) is 11.1 Å². The van der Waals surface area contributed by atoms with E-state index < -0.39 is 0 Å². The van der Waals surface area contributed by atoms with Crippen molar-refractivity contribution in [2.24, 2.45) is 0 Å². The SMILES string of the molecule is CC(C)N1Cc2cccc(F)c2SN1. The Morgan fingerprint density at radius 1 is 1.50 bits per heavy atom. The zero-order chi connectivity index (χ0) is 10.1. The minimum absolute atomic E-state index is 0.136. The molecular formula is C10H13FN2S. The quantitative estimate of drug-likeness (QED) is 0.720. The lowest BCUT2D eigenvalue weighted by Crippen LogP contribution is -2.41. The normalized spacial score (nSPS) is 17.1. The molecule has 0 atom stereocenters. The number of rotatable bonds is 1. The Balaban J connectivity index is 2.27. The molecule has 1 N–H and O–H groups in total. The van der Waals surface area contributed by atoms with Crippen LogP contribution in [0.5, 0.6) is 0 Å². The van der Waals surface area contributed by atoms with Crippen LogP contribution in [0.15, 0.2) is 23.1 Å². The van der Waals surface area contributed by atoms with Gasteiger partial charge in [0.15, 0.2) is 0 Å². The van der Waals surface area contributed by atoms with E-state index in [1.807, 2.05) is 6.07 Å². The predicted molar refractivity (Wildman–Crippen MR) is 56.1 cm³/mol. The van der Waals surface area contributed by atoms with Crippen molar-refractivity contribution in [1.82, 2.24) is 9.84 Å². The fourth-order valence-electron chi connectivity index (χ4n) is 1.40. The van der Waals surface area contributed by atoms with Gasteiger partial charge in [-0.15, -0.1) is 0 Å². The molecule has 0 bridgehead atoms. The zero-order valence-electron chi connectivity index (χ0n) is 8.25. The number of benzene rings is 1. The maximum atomic E-state index is 13.3. The number of hydrogen-bond acceptors (Lipinski definition) is 3. The summed E-state index contributed by atoms with van der Waals surface area (Å²) >= 11 is 1.35. The summed E-state index contributed by atoms with van der Waals surface area (Å²) in [7, 11) is 0. The molecule has 0 unspecified atom stereocenters. The molecule has 0 amide bonds. The molecule has 0 aliphatic carbocycles. The van der Waals surface area contributed by atoms with Crippen molar-refractivity contribution >= 4 is 11.9 Å². The van der Waals surface area contributed by atoms with Crippen molar-refractivity contribution in [3.63, 3.8) is 0 Å². The van der Waals surface area contributed by atoms with Gasteiger partial charge in [-0.1, -0.05) is 12.1 Å². The van der Waals surface area contributed by atoms with E-state index in [4.69, 9.17) is 0 Å². The van der Waals surface area contributed by atoms with Gasteiger partial charge < -0.3 is 0 Å². The molecule has 76 valence electrons. The first-order valence-corrected chi connectivity index (χ1v) is 5.46. The molecule has 4 heteroatoms. The van der Waals surface area contributed by atoms with Crippen molar-refractivity contribution in [1.29, 1.82) is 0 Å². The van der Waals surface area contributed by atoms with Gasteiger partial charge in [0.05, 0.1) is 4.90 Å². The number of halogens is 1. The third kappa shape index (κ3) is 1.78. The van der Waals surface area contributed by atoms with Crippen LogP contribution in [0.25, 0.3) is 0 Å². The molecule has 0 saturated carbocycles. The van der Waals surface area contributed by atoms with Crippen LogP contribution >= 0.6 is 11.9 Å². The van der Waals surface area contributed by atoms with Gasteiger partial charge in [-0.05, 0) is 37.4 Å². The fraction of sp³-hybridized carbons (Fsp3) is 0.400. The number of fused-ring (bicyclic) bond motifs is 1. The van der Waals surface area contributed by atoms with Crippen molar-refractivity contribution in [3.05, 3.63) is 29.6 Å². The van der Waals surface area contributed by atoms with E-state index in [0.717, 1.165) is 17.0 Å². The number of hydrogen-bond donors (Lipinski definition) is 1. The topological polar surface area (TPSA) is 15.3 Å². The average molecular weight is 212 g/mol. The lowest BCUT2D eigenvalue weighted by molar-refractivity contribution is 0.181. The van der Waals surface area contributed by atoms with Gasteiger partial charge in [0.1, 0.15) is 5.82 Å². The van der Waals surface area contributed by atoms with E-state index in [1.54, 1.807) is 6.07 Å². The lowest BCUT2D eigenvalue weighted by atomic mass is 10.2. The first-order valence-electron chi connectivity index (χ1n) is 4.65. The van der Waals surface area contributed by atoms with Crippen LogP contribution in [-0.2, 0) is 6.54 Å². The minimum atomic E-state index is -0.136. The summed E-state index contributed by atoms with van der Waals surface area (Å²) in [6, 6.07) is 5.65. The Morgan fingerprint density at radius 2 is 2.29 bits per heavy atom. The molecule has 0 radical (unpaired) electrons. The number of nitrogens with zero attached hydrogens (tertiary/aromatic N) is 1. The van der Waals surface area contributed by atoms with Crippen LogP contribution in [0.4, 0.5) is 4.39 Å². The Hall–Kier alpha value is -0.580. The maximum absolute atomic E-state index is 13.3. The monoisotopic (exact) mass is 212 g/mol. The van der Waals surface area contributed by atoms with Gasteiger partial charge in [0, 0.05) is 12.6 Å². The highest BCUT2D eigenvalue weighted by atomic mass is 32.2. The molecule has 0 saturated heterocycles. The number of nitrogens with one attached hydrogen (secondary N) is 1. The van der Waals surface area contributed by atoms with Crippen molar-refractivity contribution in [3.8, 4) is 0 Å². The molecule has 2 nitrogen and oxygen atoms in total. The van der Waals surface area contributed by atoms with Crippen molar-refractivity contribution < 1.29 is 4.39 Å². The Labute approximate surface area is 87.6 Å². The van der Waals surface area contributed by atoms with Gasteiger partial charge in [-0.25, -0.2) is 9.40 Å². The van der Waals surface area contributed by atoms with E-state index in [0.29, 0.717) is 6.04 Å². The molecule has 1 aromatic carbocycles. The highest BCUT2D eigenvalue weighted by molar-refractivity contribution is 7.97. The van der Waals surface area contributed by atoms with E-state index >= 15 is 0 Å². The van der Waals surface area contributed by atoms with E-state index in [-0.39, 0.29) is 5.82 Å². The third-order valence-corrected chi connectivity index (χ3v) is 3.26. The Kier molecular flexibility index (Phi) is 2.76. The van der Waals surface area contributed by atoms with Crippen LogP contribution in [0.1, 0.15) is 19.4 Å². The van der Waals surface area contributed by atoms with Crippen LogP contribution in [0.3, 0.4) is 0 Å². The van der Waals surface area contributed by atoms with Crippen molar-refractivity contribution in [2.45, 2.75) is 31.3 Å². The standard InChI is InChI=1S/C10H13FN2S/c1-7(2)13-6-8-4-3-5-9(11)10(8)14-12-13/h3-5,7,12H,6H2,1-2H3. The molecule has 14 heavy (non-hydrogen) atoms. The molecule has 1 aliphatic rings. The molecule has 1 heterocycles. The average Bonchev–Trinajstić information content (AvgIpc) is 2.17. The summed E-state index contributed by atoms with van der Waals surface area (Å²) in [4.78, 5) is 3.85. The lowest BCUT2D eigenvalue weighted by Gasteiger charge is -2.31. The second-order valence-corrected chi connectivity index (χ2v) is 4.44. The molecule has 2 rings (SSSR count). The highest BCUT2D eigenvalue weighted by Gasteiger charge is 2.20. The van der Waals surface area contributed by atoms with E-state index in [2.05, 4.69) is 23.7 Å². The maximum Gasteiger partial charge on any atom is 0.138 e. The fourth-order valence-corrected chi connectivity index (χ4v) is 2.31. The molecular weight excluding hydrogens is 199 g/mol. The summed E-state index contributed by atoms with van der Waals surface area (Å²) in [5.41, 5.74) is 1.06. The van der Waals surface area contributed by atoms with Gasteiger partial charge in [0.25, 0.3) is 0 Å². The molecule has 1 aliphatic heterocycles.